The molecule has 1 aliphatic carbocycles. The smallest absolute Gasteiger partial charge is 0.323 e. The second kappa shape index (κ2) is 8.13. The number of ether oxygens (including phenoxy) is 2. The fourth-order valence-electron chi connectivity index (χ4n) is 3.38. The lowest BCUT2D eigenvalue weighted by Crippen LogP contribution is -2.43. The summed E-state index contributed by atoms with van der Waals surface area (Å²) in [7, 11) is 2.61. The predicted molar refractivity (Wildman–Crippen MR) is 94.5 cm³/mol. The molecule has 5 heteroatoms. The van der Waals surface area contributed by atoms with Crippen molar-refractivity contribution in [1.29, 1.82) is 0 Å². The van der Waals surface area contributed by atoms with Gasteiger partial charge >= 0.3 is 11.9 Å². The van der Waals surface area contributed by atoms with E-state index < -0.39 is 17.4 Å². The highest BCUT2D eigenvalue weighted by Crippen LogP contribution is 2.47. The van der Waals surface area contributed by atoms with E-state index in [1.807, 2.05) is 0 Å². The first-order valence-electron chi connectivity index (χ1n) is 7.46. The molecule has 0 aromatic rings. The highest BCUT2D eigenvalue weighted by atomic mass is 127. The van der Waals surface area contributed by atoms with E-state index in [1.165, 1.54) is 23.4 Å². The van der Waals surface area contributed by atoms with Gasteiger partial charge in [0, 0.05) is 0 Å². The molecule has 0 radical (unpaired) electrons. The van der Waals surface area contributed by atoms with Gasteiger partial charge < -0.3 is 9.47 Å². The SMILES string of the molecule is C=CCC(C[C@H]1/C(=C(/C)I)CC[C@@H]1C)(C(=O)OC)C(=O)OC. The summed E-state index contributed by atoms with van der Waals surface area (Å²) in [6.07, 6.45) is 4.33. The van der Waals surface area contributed by atoms with Crippen LogP contribution >= 0.6 is 22.6 Å². The van der Waals surface area contributed by atoms with E-state index >= 15 is 0 Å². The minimum absolute atomic E-state index is 0.190. The zero-order valence-corrected chi connectivity index (χ0v) is 15.9. The van der Waals surface area contributed by atoms with Crippen LogP contribution in [0.1, 0.15) is 39.5 Å². The fourth-order valence-corrected chi connectivity index (χ4v) is 4.05. The number of halogens is 1. The second-order valence-electron chi connectivity index (χ2n) is 5.94. The van der Waals surface area contributed by atoms with E-state index in [4.69, 9.17) is 9.47 Å². The first-order chi connectivity index (χ1) is 10.3. The number of esters is 2. The van der Waals surface area contributed by atoms with Crippen molar-refractivity contribution in [2.24, 2.45) is 17.3 Å². The van der Waals surface area contributed by atoms with Gasteiger partial charge in [-0.1, -0.05) is 18.6 Å². The number of hydrogen-bond donors (Lipinski definition) is 0. The van der Waals surface area contributed by atoms with Crippen LogP contribution in [0.15, 0.2) is 21.8 Å². The number of methoxy groups -OCH3 is 2. The van der Waals surface area contributed by atoms with Crippen molar-refractivity contribution in [3.63, 3.8) is 0 Å². The summed E-state index contributed by atoms with van der Waals surface area (Å²) in [4.78, 5) is 24.8. The predicted octanol–water partition coefficient (Wildman–Crippen LogP) is 4.04. The zero-order chi connectivity index (χ0) is 16.9. The van der Waals surface area contributed by atoms with Crippen LogP contribution in [0.25, 0.3) is 0 Å². The van der Waals surface area contributed by atoms with Crippen LogP contribution in [0.4, 0.5) is 0 Å². The number of hydrogen-bond acceptors (Lipinski definition) is 4. The molecule has 0 aliphatic heterocycles. The summed E-state index contributed by atoms with van der Waals surface area (Å²) in [5, 5.41) is 0. The Bertz CT molecular complexity index is 461. The zero-order valence-electron chi connectivity index (χ0n) is 13.8. The normalized spacial score (nSPS) is 23.9. The van der Waals surface area contributed by atoms with E-state index in [0.717, 1.165) is 12.8 Å². The monoisotopic (exact) mass is 420 g/mol. The maximum atomic E-state index is 12.4. The summed E-state index contributed by atoms with van der Waals surface area (Å²) in [5.41, 5.74) is 0.0422. The van der Waals surface area contributed by atoms with Crippen molar-refractivity contribution in [3.05, 3.63) is 21.8 Å². The lowest BCUT2D eigenvalue weighted by atomic mass is 9.73. The fraction of sp³-hybridized carbons (Fsp3) is 0.647. The third kappa shape index (κ3) is 3.73. The quantitative estimate of drug-likeness (QED) is 0.282. The standard InChI is InChI=1S/C17H25IO4/c1-6-9-17(15(19)21-4,16(20)22-5)10-14-11(2)7-8-13(14)12(3)18/h6,11,14H,1,7-10H2,2-5H3/b13-12-/t11-,14+/m0/s1. The van der Waals surface area contributed by atoms with Crippen LogP contribution < -0.4 is 0 Å². The van der Waals surface area contributed by atoms with Crippen LogP contribution in [0.3, 0.4) is 0 Å². The van der Waals surface area contributed by atoms with E-state index in [1.54, 1.807) is 6.08 Å². The molecule has 0 saturated heterocycles. The Morgan fingerprint density at radius 3 is 2.32 bits per heavy atom. The summed E-state index contributed by atoms with van der Waals surface area (Å²) >= 11 is 2.32. The highest BCUT2D eigenvalue weighted by molar-refractivity contribution is 14.1. The van der Waals surface area contributed by atoms with Crippen molar-refractivity contribution in [1.82, 2.24) is 0 Å². The first kappa shape index (κ1) is 19.2. The van der Waals surface area contributed by atoms with Gasteiger partial charge in [0.05, 0.1) is 14.2 Å². The van der Waals surface area contributed by atoms with Crippen molar-refractivity contribution in [2.75, 3.05) is 14.2 Å². The molecule has 124 valence electrons. The van der Waals surface area contributed by atoms with Crippen LogP contribution in [0, 0.1) is 17.3 Å². The third-order valence-corrected chi connectivity index (χ3v) is 5.35. The van der Waals surface area contributed by atoms with Gasteiger partial charge in [-0.2, -0.15) is 0 Å². The average molecular weight is 420 g/mol. The van der Waals surface area contributed by atoms with Gasteiger partial charge in [-0.25, -0.2) is 0 Å². The molecule has 0 spiro atoms. The Balaban J connectivity index is 3.27. The molecule has 0 aromatic carbocycles. The van der Waals surface area contributed by atoms with Crippen molar-refractivity contribution >= 4 is 34.5 Å². The molecule has 0 N–H and O–H groups in total. The number of carbonyl (C=O) groups excluding carboxylic acids is 2. The number of rotatable bonds is 6. The Kier molecular flexibility index (Phi) is 7.09. The summed E-state index contributed by atoms with van der Waals surface area (Å²) < 4.78 is 11.1. The van der Waals surface area contributed by atoms with Crippen molar-refractivity contribution in [3.8, 4) is 0 Å². The Morgan fingerprint density at radius 1 is 1.36 bits per heavy atom. The van der Waals surface area contributed by atoms with Gasteiger partial charge in [0.15, 0.2) is 5.41 Å². The van der Waals surface area contributed by atoms with Crippen molar-refractivity contribution < 1.29 is 19.1 Å². The molecule has 1 rings (SSSR count). The lowest BCUT2D eigenvalue weighted by molar-refractivity contribution is -0.170. The molecule has 2 atom stereocenters. The molecule has 0 unspecified atom stereocenters. The third-order valence-electron chi connectivity index (χ3n) is 4.66. The second-order valence-corrected chi connectivity index (χ2v) is 7.56. The molecule has 0 amide bonds. The van der Waals surface area contributed by atoms with Crippen LogP contribution in [0.2, 0.25) is 0 Å². The first-order valence-corrected chi connectivity index (χ1v) is 8.54. The molecule has 1 saturated carbocycles. The summed E-state index contributed by atoms with van der Waals surface area (Å²) in [5.74, 6) is -0.458. The maximum Gasteiger partial charge on any atom is 0.323 e. The van der Waals surface area contributed by atoms with Gasteiger partial charge in [-0.15, -0.1) is 6.58 Å². The van der Waals surface area contributed by atoms with Crippen LogP contribution in [-0.4, -0.2) is 26.2 Å². The molecule has 4 nitrogen and oxygen atoms in total. The average Bonchev–Trinajstić information content (AvgIpc) is 2.86. The van der Waals surface area contributed by atoms with E-state index in [9.17, 15) is 9.59 Å². The lowest BCUT2D eigenvalue weighted by Gasteiger charge is -2.32. The summed E-state index contributed by atoms with van der Waals surface area (Å²) in [6.45, 7) is 7.94. The van der Waals surface area contributed by atoms with Gasteiger partial charge in [0.25, 0.3) is 0 Å². The van der Waals surface area contributed by atoms with E-state index in [-0.39, 0.29) is 12.3 Å². The minimum atomic E-state index is -1.30. The molecular weight excluding hydrogens is 395 g/mol. The van der Waals surface area contributed by atoms with E-state index in [2.05, 4.69) is 43.0 Å². The van der Waals surface area contributed by atoms with Gasteiger partial charge in [0.1, 0.15) is 0 Å². The van der Waals surface area contributed by atoms with Crippen LogP contribution in [0.5, 0.6) is 0 Å². The molecule has 0 heterocycles. The van der Waals surface area contributed by atoms with Gasteiger partial charge in [-0.3, -0.25) is 9.59 Å². The Labute approximate surface area is 146 Å². The highest BCUT2D eigenvalue weighted by Gasteiger charge is 2.50. The molecule has 22 heavy (non-hydrogen) atoms. The molecule has 1 aliphatic rings. The maximum absolute atomic E-state index is 12.4. The number of carbonyl (C=O) groups is 2. The van der Waals surface area contributed by atoms with Crippen molar-refractivity contribution in [2.45, 2.75) is 39.5 Å². The van der Waals surface area contributed by atoms with Crippen LogP contribution in [-0.2, 0) is 19.1 Å². The molecule has 0 bridgehead atoms. The molecule has 0 aromatic heterocycles. The minimum Gasteiger partial charge on any atom is -0.468 e. The molecule has 1 fully saturated rings. The molecular formula is C17H25IO4. The van der Waals surface area contributed by atoms with Gasteiger partial charge in [-0.05, 0) is 70.6 Å². The summed E-state index contributed by atoms with van der Waals surface area (Å²) in [6, 6.07) is 0. The van der Waals surface area contributed by atoms with Gasteiger partial charge in [0.2, 0.25) is 0 Å². The Hall–Kier alpha value is -0.850. The van der Waals surface area contributed by atoms with E-state index in [0.29, 0.717) is 12.3 Å². The number of allylic oxidation sites excluding steroid dienone is 3. The topological polar surface area (TPSA) is 52.6 Å². The Morgan fingerprint density at radius 2 is 1.91 bits per heavy atom. The largest absolute Gasteiger partial charge is 0.468 e.